The van der Waals surface area contributed by atoms with Crippen LogP contribution in [0.25, 0.3) is 11.1 Å². The van der Waals surface area contributed by atoms with Gasteiger partial charge in [0.05, 0.1) is 0 Å². The maximum atomic E-state index is 11.9. The summed E-state index contributed by atoms with van der Waals surface area (Å²) in [6, 6.07) is 7.67. The lowest BCUT2D eigenvalue weighted by atomic mass is 9.98. The molecule has 0 spiro atoms. The zero-order valence-electron chi connectivity index (χ0n) is 12.0. The minimum Gasteiger partial charge on any atom is -0.441 e. The van der Waals surface area contributed by atoms with Gasteiger partial charge in [0.25, 0.3) is 0 Å². The molecule has 3 rings (SSSR count). The first kappa shape index (κ1) is 14.1. The second kappa shape index (κ2) is 6.72. The average Bonchev–Trinajstić information content (AvgIpc) is 2.91. The van der Waals surface area contributed by atoms with Crippen LogP contribution in [0.1, 0.15) is 25.2 Å². The van der Waals surface area contributed by atoms with Gasteiger partial charge in [-0.05, 0) is 30.9 Å². The van der Waals surface area contributed by atoms with Crippen LogP contribution in [0.2, 0.25) is 0 Å². The summed E-state index contributed by atoms with van der Waals surface area (Å²) < 4.78 is 11.0. The van der Waals surface area contributed by atoms with E-state index in [9.17, 15) is 4.79 Å². The zero-order valence-corrected chi connectivity index (χ0v) is 12.0. The Balaban J connectivity index is 1.43. The van der Waals surface area contributed by atoms with Crippen molar-refractivity contribution in [3.63, 3.8) is 0 Å². The van der Waals surface area contributed by atoms with Gasteiger partial charge in [-0.2, -0.15) is 0 Å². The van der Waals surface area contributed by atoms with E-state index in [2.05, 4.69) is 10.3 Å². The summed E-state index contributed by atoms with van der Waals surface area (Å²) in [7, 11) is 0. The number of carbonyl (C=O) groups is 1. The van der Waals surface area contributed by atoms with E-state index < -0.39 is 0 Å². The first-order valence-corrected chi connectivity index (χ1v) is 7.50. The van der Waals surface area contributed by atoms with Crippen molar-refractivity contribution in [2.24, 2.45) is 5.92 Å². The Hall–Kier alpha value is -1.88. The molecule has 5 heteroatoms. The van der Waals surface area contributed by atoms with Crippen molar-refractivity contribution in [2.75, 3.05) is 19.8 Å². The van der Waals surface area contributed by atoms with Gasteiger partial charge in [0.1, 0.15) is 5.52 Å². The number of amides is 1. The van der Waals surface area contributed by atoms with E-state index in [1.807, 2.05) is 24.3 Å². The molecule has 1 aliphatic rings. The molecule has 1 atom stereocenters. The third kappa shape index (κ3) is 3.82. The molecule has 0 unspecified atom stereocenters. The summed E-state index contributed by atoms with van der Waals surface area (Å²) in [5.41, 5.74) is 1.65. The Morgan fingerprint density at radius 1 is 1.38 bits per heavy atom. The normalized spacial score (nSPS) is 18.8. The van der Waals surface area contributed by atoms with Gasteiger partial charge < -0.3 is 14.5 Å². The van der Waals surface area contributed by atoms with Crippen molar-refractivity contribution in [2.45, 2.75) is 25.7 Å². The third-order valence-electron chi connectivity index (χ3n) is 3.73. The molecule has 112 valence electrons. The highest BCUT2D eigenvalue weighted by Crippen LogP contribution is 2.17. The minimum absolute atomic E-state index is 0.0848. The molecule has 0 aliphatic carbocycles. The van der Waals surface area contributed by atoms with E-state index in [1.54, 1.807) is 0 Å². The topological polar surface area (TPSA) is 64.4 Å². The van der Waals surface area contributed by atoms with E-state index in [4.69, 9.17) is 9.15 Å². The predicted octanol–water partition coefficient (Wildman–Crippen LogP) is 2.30. The van der Waals surface area contributed by atoms with Gasteiger partial charge in [0, 0.05) is 32.6 Å². The predicted molar refractivity (Wildman–Crippen MR) is 78.9 cm³/mol. The molecule has 1 saturated heterocycles. The van der Waals surface area contributed by atoms with Crippen LogP contribution in [0.15, 0.2) is 28.7 Å². The summed E-state index contributed by atoms with van der Waals surface area (Å²) in [6.45, 7) is 2.09. The number of nitrogens with zero attached hydrogens (tertiary/aromatic N) is 1. The number of hydrogen-bond donors (Lipinski definition) is 1. The number of hydrogen-bond acceptors (Lipinski definition) is 4. The van der Waals surface area contributed by atoms with Crippen LogP contribution in [0, 0.1) is 5.92 Å². The molecule has 1 N–H and O–H groups in total. The molecular weight excluding hydrogens is 268 g/mol. The minimum atomic E-state index is 0.0848. The Bertz CT molecular complexity index is 569. The molecule has 0 bridgehead atoms. The fourth-order valence-corrected chi connectivity index (χ4v) is 2.64. The Morgan fingerprint density at radius 2 is 2.29 bits per heavy atom. The van der Waals surface area contributed by atoms with Gasteiger partial charge in [-0.25, -0.2) is 4.98 Å². The first-order valence-electron chi connectivity index (χ1n) is 7.50. The highest BCUT2D eigenvalue weighted by atomic mass is 16.5. The smallest absolute Gasteiger partial charge is 0.220 e. The number of oxazole rings is 1. The second-order valence-electron chi connectivity index (χ2n) is 5.46. The molecule has 5 nitrogen and oxygen atoms in total. The van der Waals surface area contributed by atoms with Crippen LogP contribution in [0.3, 0.4) is 0 Å². The van der Waals surface area contributed by atoms with Crippen LogP contribution in [0.4, 0.5) is 0 Å². The molecule has 2 heterocycles. The number of ether oxygens (including phenoxy) is 1. The average molecular weight is 288 g/mol. The van der Waals surface area contributed by atoms with Crippen LogP contribution in [-0.4, -0.2) is 30.6 Å². The number of para-hydroxylation sites is 2. The molecule has 1 aliphatic heterocycles. The number of rotatable bonds is 5. The van der Waals surface area contributed by atoms with Crippen molar-refractivity contribution < 1.29 is 13.9 Å². The fraction of sp³-hybridized carbons (Fsp3) is 0.500. The standard InChI is InChI=1S/C16H20N2O3/c19-15(10-12-4-3-9-20-11-12)17-8-7-16-18-13-5-1-2-6-14(13)21-16/h1-2,5-6,12H,3-4,7-11H2,(H,17,19)/t12-/m1/s1. The second-order valence-corrected chi connectivity index (χ2v) is 5.46. The fourth-order valence-electron chi connectivity index (χ4n) is 2.64. The Labute approximate surface area is 123 Å². The van der Waals surface area contributed by atoms with Crippen molar-refractivity contribution in [1.29, 1.82) is 0 Å². The van der Waals surface area contributed by atoms with Gasteiger partial charge in [-0.3, -0.25) is 4.79 Å². The number of benzene rings is 1. The Kier molecular flexibility index (Phi) is 4.50. The maximum Gasteiger partial charge on any atom is 0.220 e. The lowest BCUT2D eigenvalue weighted by Gasteiger charge is -2.21. The van der Waals surface area contributed by atoms with Gasteiger partial charge in [0.15, 0.2) is 11.5 Å². The van der Waals surface area contributed by atoms with E-state index in [1.165, 1.54) is 0 Å². The van der Waals surface area contributed by atoms with Crippen molar-refractivity contribution >= 4 is 17.0 Å². The summed E-state index contributed by atoms with van der Waals surface area (Å²) in [5.74, 6) is 1.11. The van der Waals surface area contributed by atoms with Crippen LogP contribution < -0.4 is 5.32 Å². The van der Waals surface area contributed by atoms with Crippen molar-refractivity contribution in [3.05, 3.63) is 30.2 Å². The lowest BCUT2D eigenvalue weighted by Crippen LogP contribution is -2.30. The molecule has 21 heavy (non-hydrogen) atoms. The molecule has 1 aromatic heterocycles. The van der Waals surface area contributed by atoms with Gasteiger partial charge in [-0.1, -0.05) is 12.1 Å². The highest BCUT2D eigenvalue weighted by Gasteiger charge is 2.17. The van der Waals surface area contributed by atoms with E-state index in [0.717, 1.165) is 30.5 Å². The molecule has 1 fully saturated rings. The SMILES string of the molecule is O=C(C[C@H]1CCCOC1)NCCc1nc2ccccc2o1. The van der Waals surface area contributed by atoms with E-state index in [0.29, 0.717) is 37.8 Å². The molecule has 0 radical (unpaired) electrons. The monoisotopic (exact) mass is 288 g/mol. The summed E-state index contributed by atoms with van der Waals surface area (Å²) in [5, 5.41) is 2.93. The van der Waals surface area contributed by atoms with Crippen molar-refractivity contribution in [3.8, 4) is 0 Å². The Morgan fingerprint density at radius 3 is 3.10 bits per heavy atom. The highest BCUT2D eigenvalue weighted by molar-refractivity contribution is 5.76. The number of carbonyl (C=O) groups excluding carboxylic acids is 1. The molecule has 2 aromatic rings. The lowest BCUT2D eigenvalue weighted by molar-refractivity contribution is -0.123. The van der Waals surface area contributed by atoms with Crippen LogP contribution >= 0.6 is 0 Å². The molecular formula is C16H20N2O3. The van der Waals surface area contributed by atoms with Gasteiger partial charge in [-0.15, -0.1) is 0 Å². The quantitative estimate of drug-likeness (QED) is 0.917. The molecule has 0 saturated carbocycles. The van der Waals surface area contributed by atoms with E-state index in [-0.39, 0.29) is 5.91 Å². The van der Waals surface area contributed by atoms with Gasteiger partial charge >= 0.3 is 0 Å². The van der Waals surface area contributed by atoms with Crippen LogP contribution in [-0.2, 0) is 16.0 Å². The number of nitrogens with one attached hydrogen (secondary N) is 1. The molecule has 1 aromatic carbocycles. The maximum absolute atomic E-state index is 11.9. The van der Waals surface area contributed by atoms with Crippen LogP contribution in [0.5, 0.6) is 0 Å². The van der Waals surface area contributed by atoms with Gasteiger partial charge in [0.2, 0.25) is 5.91 Å². The number of fused-ring (bicyclic) bond motifs is 1. The molecule has 1 amide bonds. The van der Waals surface area contributed by atoms with Crippen molar-refractivity contribution in [1.82, 2.24) is 10.3 Å². The summed E-state index contributed by atoms with van der Waals surface area (Å²) in [6.07, 6.45) is 3.30. The van der Waals surface area contributed by atoms with E-state index >= 15 is 0 Å². The zero-order chi connectivity index (χ0) is 14.5. The largest absolute Gasteiger partial charge is 0.441 e. The summed E-state index contributed by atoms with van der Waals surface area (Å²) in [4.78, 5) is 16.2. The summed E-state index contributed by atoms with van der Waals surface area (Å²) >= 11 is 0. The first-order chi connectivity index (χ1) is 10.3. The number of aromatic nitrogens is 1. The third-order valence-corrected chi connectivity index (χ3v) is 3.73.